The molecular weight excluding hydrogens is 857 g/mol. The average molecular weight is 917 g/mol. The van der Waals surface area contributed by atoms with E-state index in [0.717, 1.165) is 53.0 Å². The quantitative estimate of drug-likeness (QED) is 0.161. The van der Waals surface area contributed by atoms with E-state index in [-0.39, 0.29) is 0 Å². The first-order chi connectivity index (χ1) is 35.1. The van der Waals surface area contributed by atoms with Crippen molar-refractivity contribution in [3.8, 4) is 27.9 Å². The van der Waals surface area contributed by atoms with Gasteiger partial charge in [0, 0.05) is 33.4 Å². The molecule has 9 aromatic rings. The summed E-state index contributed by atoms with van der Waals surface area (Å²) >= 11 is 0. The molecule has 2 heteroatoms. The van der Waals surface area contributed by atoms with Crippen LogP contribution < -0.4 is 4.90 Å². The monoisotopic (exact) mass is 916 g/mol. The van der Waals surface area contributed by atoms with Crippen molar-refractivity contribution < 1.29 is 0 Å². The predicted molar refractivity (Wildman–Crippen MR) is 291 cm³/mol. The number of nitrogens with zero attached hydrogens (tertiary/aromatic N) is 2. The molecule has 71 heavy (non-hydrogen) atoms. The molecule has 0 radical (unpaired) electrons. The summed E-state index contributed by atoms with van der Waals surface area (Å²) in [6.07, 6.45) is 14.5. The second kappa shape index (κ2) is 14.7. The van der Waals surface area contributed by atoms with Gasteiger partial charge in [-0.15, -0.1) is 0 Å². The van der Waals surface area contributed by atoms with Gasteiger partial charge in [-0.25, -0.2) is 0 Å². The number of benzene rings is 8. The summed E-state index contributed by atoms with van der Waals surface area (Å²) in [5.74, 6) is 8.54. The minimum absolute atomic E-state index is 0.427. The SMILES string of the molecule is c1ccc(N(c2cccc(-n3c4ccccc4c4ccccc43)c2)c2cccc3c2-c2ccccc2C32c3cc(C4C5CC6CC(C5)CC4C6)ccc3-c3ccc(C4C5CC6CC(C5)CC4C6)cc32)cc1. The Kier molecular flexibility index (Phi) is 8.30. The lowest BCUT2D eigenvalue weighted by Gasteiger charge is -2.54. The average Bonchev–Trinajstić information content (AvgIpc) is 4.01. The van der Waals surface area contributed by atoms with Gasteiger partial charge in [0.15, 0.2) is 0 Å². The van der Waals surface area contributed by atoms with Crippen molar-refractivity contribution in [3.63, 3.8) is 0 Å². The van der Waals surface area contributed by atoms with Gasteiger partial charge in [-0.1, -0.05) is 133 Å². The van der Waals surface area contributed by atoms with Gasteiger partial charge in [-0.05, 0) is 222 Å². The lowest BCUT2D eigenvalue weighted by molar-refractivity contribution is -0.00283. The van der Waals surface area contributed by atoms with Gasteiger partial charge < -0.3 is 9.47 Å². The van der Waals surface area contributed by atoms with Crippen LogP contribution in [0.1, 0.15) is 109 Å². The maximum absolute atomic E-state index is 2.80. The van der Waals surface area contributed by atoms with Crippen LogP contribution >= 0.6 is 0 Å². The van der Waals surface area contributed by atoms with Crippen LogP contribution in [0.25, 0.3) is 49.7 Å². The van der Waals surface area contributed by atoms with E-state index in [1.54, 1.807) is 11.1 Å². The molecule has 8 fully saturated rings. The van der Waals surface area contributed by atoms with Crippen molar-refractivity contribution >= 4 is 38.9 Å². The number of rotatable bonds is 6. The highest BCUT2D eigenvalue weighted by molar-refractivity contribution is 6.09. The third-order valence-electron chi connectivity index (χ3n) is 20.6. The zero-order valence-corrected chi connectivity index (χ0v) is 40.6. The summed E-state index contributed by atoms with van der Waals surface area (Å²) in [5.41, 5.74) is 21.6. The molecule has 8 saturated carbocycles. The van der Waals surface area contributed by atoms with Crippen molar-refractivity contribution in [1.82, 2.24) is 4.57 Å². The van der Waals surface area contributed by atoms with Gasteiger partial charge in [0.2, 0.25) is 0 Å². The molecule has 19 rings (SSSR count). The van der Waals surface area contributed by atoms with Crippen LogP contribution in [0.3, 0.4) is 0 Å². The highest BCUT2D eigenvalue weighted by atomic mass is 15.1. The Hall–Kier alpha value is -6.64. The Balaban J connectivity index is 0.898. The number of aromatic nitrogens is 1. The molecule has 8 bridgehead atoms. The van der Waals surface area contributed by atoms with Crippen molar-refractivity contribution in [3.05, 3.63) is 215 Å². The first-order valence-corrected chi connectivity index (χ1v) is 27.6. The minimum Gasteiger partial charge on any atom is -0.310 e. The fourth-order valence-corrected chi connectivity index (χ4v) is 18.8. The van der Waals surface area contributed by atoms with E-state index >= 15 is 0 Å². The maximum atomic E-state index is 2.80. The Labute approximate surface area is 418 Å². The Morgan fingerprint density at radius 3 is 1.45 bits per heavy atom. The van der Waals surface area contributed by atoms with Crippen LogP contribution in [-0.4, -0.2) is 4.57 Å². The largest absolute Gasteiger partial charge is 0.310 e. The normalized spacial score (nSPS) is 29.7. The highest BCUT2D eigenvalue weighted by Gasteiger charge is 2.55. The first kappa shape index (κ1) is 40.0. The molecule has 10 aliphatic carbocycles. The molecule has 1 spiro atoms. The van der Waals surface area contributed by atoms with Crippen LogP contribution in [0.2, 0.25) is 0 Å². The Bertz CT molecular complexity index is 3460. The van der Waals surface area contributed by atoms with Crippen LogP contribution in [0.15, 0.2) is 182 Å². The van der Waals surface area contributed by atoms with Gasteiger partial charge in [0.05, 0.1) is 22.1 Å². The lowest BCUT2D eigenvalue weighted by Crippen LogP contribution is -2.43. The first-order valence-electron chi connectivity index (χ1n) is 27.6. The smallest absolute Gasteiger partial charge is 0.0726 e. The fourth-order valence-electron chi connectivity index (χ4n) is 18.8. The molecule has 0 saturated heterocycles. The second-order valence-corrected chi connectivity index (χ2v) is 24.1. The summed E-state index contributed by atoms with van der Waals surface area (Å²) < 4.78 is 2.46. The van der Waals surface area contributed by atoms with Gasteiger partial charge in [-0.2, -0.15) is 0 Å². The number of hydrogen-bond donors (Lipinski definition) is 0. The molecule has 346 valence electrons. The molecule has 0 aliphatic heterocycles. The van der Waals surface area contributed by atoms with E-state index in [4.69, 9.17) is 0 Å². The number of hydrogen-bond acceptors (Lipinski definition) is 1. The Morgan fingerprint density at radius 1 is 0.366 bits per heavy atom. The molecule has 0 amide bonds. The molecule has 8 aromatic carbocycles. The van der Waals surface area contributed by atoms with Crippen molar-refractivity contribution in [2.24, 2.45) is 47.3 Å². The minimum atomic E-state index is -0.427. The second-order valence-electron chi connectivity index (χ2n) is 24.1. The van der Waals surface area contributed by atoms with E-state index in [1.165, 1.54) is 148 Å². The molecule has 0 N–H and O–H groups in total. The van der Waals surface area contributed by atoms with Crippen LogP contribution in [0.4, 0.5) is 17.1 Å². The summed E-state index contributed by atoms with van der Waals surface area (Å²) in [6, 6.07) is 71.3. The number of fused-ring (bicyclic) bond motifs is 13. The zero-order chi connectivity index (χ0) is 46.1. The van der Waals surface area contributed by atoms with E-state index in [2.05, 4.69) is 191 Å². The molecule has 10 aliphatic rings. The summed E-state index contributed by atoms with van der Waals surface area (Å²) in [6.45, 7) is 0. The van der Waals surface area contributed by atoms with Crippen LogP contribution in [0.5, 0.6) is 0 Å². The van der Waals surface area contributed by atoms with E-state index in [9.17, 15) is 0 Å². The van der Waals surface area contributed by atoms with Crippen LogP contribution in [0, 0.1) is 47.3 Å². The van der Waals surface area contributed by atoms with Crippen molar-refractivity contribution in [1.29, 1.82) is 0 Å². The number of anilines is 3. The van der Waals surface area contributed by atoms with E-state index < -0.39 is 5.41 Å². The molecule has 0 unspecified atom stereocenters. The molecular formula is C69H60N2. The van der Waals surface area contributed by atoms with Gasteiger partial charge >= 0.3 is 0 Å². The van der Waals surface area contributed by atoms with Crippen molar-refractivity contribution in [2.75, 3.05) is 4.90 Å². The third-order valence-corrected chi connectivity index (χ3v) is 20.6. The molecule has 2 nitrogen and oxygen atoms in total. The fraction of sp³-hybridized carbons (Fsp3) is 0.304. The van der Waals surface area contributed by atoms with E-state index in [1.807, 2.05) is 0 Å². The highest BCUT2D eigenvalue weighted by Crippen LogP contribution is 2.68. The van der Waals surface area contributed by atoms with Gasteiger partial charge in [0.25, 0.3) is 0 Å². The maximum Gasteiger partial charge on any atom is 0.0726 e. The summed E-state index contributed by atoms with van der Waals surface area (Å²) in [5, 5.41) is 2.57. The van der Waals surface area contributed by atoms with Gasteiger partial charge in [-0.3, -0.25) is 0 Å². The standard InChI is InChI=1S/C69H60N2/c1-2-12-51(13-3-1)70(52-14-10-15-53(40-52)71-63-21-8-5-16-56(63)57-17-6-9-22-64(57)71)65-23-11-20-60-68(65)58-18-4-7-19-59(58)69(60)61-38-45(66-47-30-41-28-42(32-47)33-48(66)31-41)24-26-54(61)55-27-25-46(39-62(55)69)67-49-34-43-29-44(36-49)37-50(67)35-43/h1-27,38-44,47-50,66-67H,28-37H2. The molecule has 1 heterocycles. The topological polar surface area (TPSA) is 8.17 Å². The van der Waals surface area contributed by atoms with E-state index in [0.29, 0.717) is 11.8 Å². The zero-order valence-electron chi connectivity index (χ0n) is 40.6. The summed E-state index contributed by atoms with van der Waals surface area (Å²) in [7, 11) is 0. The lowest BCUT2D eigenvalue weighted by atomic mass is 9.50. The van der Waals surface area contributed by atoms with Crippen molar-refractivity contribution in [2.45, 2.75) is 81.5 Å². The molecule has 0 atom stereocenters. The third kappa shape index (κ3) is 5.49. The number of para-hydroxylation sites is 3. The Morgan fingerprint density at radius 2 is 0.859 bits per heavy atom. The molecule has 1 aromatic heterocycles. The van der Waals surface area contributed by atoms with Crippen LogP contribution in [-0.2, 0) is 5.41 Å². The summed E-state index contributed by atoms with van der Waals surface area (Å²) in [4.78, 5) is 2.57. The van der Waals surface area contributed by atoms with Gasteiger partial charge in [0.1, 0.15) is 0 Å². The predicted octanol–water partition coefficient (Wildman–Crippen LogP) is 17.7.